The van der Waals surface area contributed by atoms with Crippen molar-refractivity contribution in [2.75, 3.05) is 0 Å². The maximum absolute atomic E-state index is 12.2. The highest BCUT2D eigenvalue weighted by atomic mass is 19.4. The number of hydrogen-bond acceptors (Lipinski definition) is 0. The van der Waals surface area contributed by atoms with E-state index in [2.05, 4.69) is 0 Å². The summed E-state index contributed by atoms with van der Waals surface area (Å²) >= 11 is 0. The quantitative estimate of drug-likeness (QED) is 0.496. The predicted molar refractivity (Wildman–Crippen MR) is 56.7 cm³/mol. The molecular formula is C11H14F12. The maximum Gasteiger partial charge on any atom is 0.402 e. The van der Waals surface area contributed by atoms with Crippen molar-refractivity contribution in [3.05, 3.63) is 0 Å². The van der Waals surface area contributed by atoms with Gasteiger partial charge in [0, 0.05) is 6.42 Å². The Bertz CT molecular complexity index is 333. The highest BCUT2D eigenvalue weighted by molar-refractivity contribution is 4.84. The molecule has 0 aliphatic carbocycles. The van der Waals surface area contributed by atoms with Crippen LogP contribution in [0.1, 0.15) is 33.6 Å². The first kappa shape index (κ1) is 24.4. The molecule has 0 aromatic heterocycles. The van der Waals surface area contributed by atoms with Crippen LogP contribution in [0.3, 0.4) is 0 Å². The molecule has 0 bridgehead atoms. The van der Waals surface area contributed by atoms with Crippen LogP contribution in [0.25, 0.3) is 0 Å². The molecule has 0 fully saturated rings. The number of alkyl halides is 12. The van der Waals surface area contributed by atoms with E-state index in [1.54, 1.807) is 0 Å². The smallest absolute Gasteiger partial charge is 0.210 e. The molecule has 0 spiro atoms. The van der Waals surface area contributed by atoms with Crippen LogP contribution in [-0.4, -0.2) is 30.6 Å². The second-order valence-corrected chi connectivity index (χ2v) is 4.98. The van der Waals surface area contributed by atoms with Gasteiger partial charge in [-0.2, -0.15) is 43.9 Å². The van der Waals surface area contributed by atoms with Gasteiger partial charge in [0.15, 0.2) is 5.41 Å². The average Bonchev–Trinajstić information content (AvgIpc) is 2.24. The molecule has 0 heterocycles. The molecule has 0 amide bonds. The molecular weight excluding hydrogens is 360 g/mol. The van der Waals surface area contributed by atoms with Gasteiger partial charge in [-0.1, -0.05) is 6.92 Å². The lowest BCUT2D eigenvalue weighted by Crippen LogP contribution is -2.44. The van der Waals surface area contributed by atoms with Crippen molar-refractivity contribution in [1.82, 2.24) is 0 Å². The van der Waals surface area contributed by atoms with E-state index < -0.39 is 48.9 Å². The Labute approximate surface area is 123 Å². The lowest BCUT2D eigenvalue weighted by atomic mass is 9.92. The van der Waals surface area contributed by atoms with Gasteiger partial charge in [-0.15, -0.1) is 0 Å². The number of hydrogen-bond donors (Lipinski definition) is 0. The molecule has 0 N–H and O–H groups in total. The van der Waals surface area contributed by atoms with Crippen molar-refractivity contribution in [1.29, 1.82) is 0 Å². The van der Waals surface area contributed by atoms with Gasteiger partial charge in [0.25, 0.3) is 0 Å². The van der Waals surface area contributed by atoms with Crippen molar-refractivity contribution in [2.45, 2.75) is 64.2 Å². The van der Waals surface area contributed by atoms with E-state index in [0.29, 0.717) is 0 Å². The first-order chi connectivity index (χ1) is 9.73. The van der Waals surface area contributed by atoms with Crippen molar-refractivity contribution in [3.63, 3.8) is 0 Å². The lowest BCUT2D eigenvalue weighted by molar-refractivity contribution is -0.327. The summed E-state index contributed by atoms with van der Waals surface area (Å²) in [5, 5.41) is 0. The molecule has 0 aromatic rings. The van der Waals surface area contributed by atoms with E-state index in [4.69, 9.17) is 0 Å². The SMILES string of the molecule is CC(C)(C(F)(F)F)C(F)(F)F.CCC(F)(F)C(F)(F)CC(F)F. The van der Waals surface area contributed by atoms with E-state index >= 15 is 0 Å². The lowest BCUT2D eigenvalue weighted by Gasteiger charge is -2.29. The highest BCUT2D eigenvalue weighted by Gasteiger charge is 2.64. The van der Waals surface area contributed by atoms with Gasteiger partial charge in [0.05, 0.1) is 6.42 Å². The van der Waals surface area contributed by atoms with Crippen molar-refractivity contribution >= 4 is 0 Å². The minimum Gasteiger partial charge on any atom is -0.210 e. The molecule has 0 atom stereocenters. The minimum absolute atomic E-state index is 0.104. The predicted octanol–water partition coefficient (Wildman–Crippen LogP) is 6.46. The van der Waals surface area contributed by atoms with Gasteiger partial charge < -0.3 is 0 Å². The summed E-state index contributed by atoms with van der Waals surface area (Å²) in [6.45, 7) is 1.03. The van der Waals surface area contributed by atoms with Crippen LogP contribution >= 0.6 is 0 Å². The molecule has 142 valence electrons. The fourth-order valence-corrected chi connectivity index (χ4v) is 0.762. The van der Waals surface area contributed by atoms with Crippen LogP contribution in [0.2, 0.25) is 0 Å². The van der Waals surface area contributed by atoms with E-state index in [-0.39, 0.29) is 13.8 Å². The number of rotatable bonds is 4. The number of halogens is 12. The summed E-state index contributed by atoms with van der Waals surface area (Å²) in [6.07, 6.45) is -17.1. The zero-order valence-electron chi connectivity index (χ0n) is 12.0. The zero-order valence-corrected chi connectivity index (χ0v) is 12.0. The molecule has 0 nitrogen and oxygen atoms in total. The first-order valence-electron chi connectivity index (χ1n) is 5.90. The summed E-state index contributed by atoms with van der Waals surface area (Å²) in [5.74, 6) is -8.96. The van der Waals surface area contributed by atoms with Gasteiger partial charge in [0.1, 0.15) is 0 Å². The Kier molecular flexibility index (Phi) is 7.82. The molecule has 0 aliphatic rings. The van der Waals surface area contributed by atoms with Crippen molar-refractivity contribution in [2.24, 2.45) is 5.41 Å². The van der Waals surface area contributed by atoms with Crippen LogP contribution in [0.5, 0.6) is 0 Å². The summed E-state index contributed by atoms with van der Waals surface area (Å²) < 4.78 is 141. The minimum atomic E-state index is -5.24. The summed E-state index contributed by atoms with van der Waals surface area (Å²) in [6, 6.07) is 0. The van der Waals surface area contributed by atoms with Crippen LogP contribution in [-0.2, 0) is 0 Å². The second-order valence-electron chi connectivity index (χ2n) is 4.98. The van der Waals surface area contributed by atoms with Crippen molar-refractivity contribution < 1.29 is 52.7 Å². The van der Waals surface area contributed by atoms with Gasteiger partial charge in [-0.25, -0.2) is 8.78 Å². The molecule has 0 saturated heterocycles. The molecule has 12 heteroatoms. The Morgan fingerprint density at radius 1 is 0.652 bits per heavy atom. The van der Waals surface area contributed by atoms with Gasteiger partial charge in [0.2, 0.25) is 6.43 Å². The molecule has 0 rings (SSSR count). The molecule has 0 aliphatic heterocycles. The summed E-state index contributed by atoms with van der Waals surface area (Å²) in [5.41, 5.74) is -3.62. The standard InChI is InChI=1S/C6H8F6.C5H6F6/c1-2-5(9,10)6(11,12)3-4(7)8;1-3(2,4(6,7)8)5(9,10)11/h4H,2-3H2,1H3;1-2H3. The molecule has 0 saturated carbocycles. The Morgan fingerprint density at radius 3 is 1.09 bits per heavy atom. The average molecular weight is 374 g/mol. The third-order valence-electron chi connectivity index (χ3n) is 2.81. The van der Waals surface area contributed by atoms with E-state index in [1.165, 1.54) is 0 Å². The monoisotopic (exact) mass is 374 g/mol. The Balaban J connectivity index is 0. The Hall–Kier alpha value is -0.840. The van der Waals surface area contributed by atoms with Gasteiger partial charge in [-0.3, -0.25) is 0 Å². The van der Waals surface area contributed by atoms with Gasteiger partial charge >= 0.3 is 24.2 Å². The second kappa shape index (κ2) is 7.37. The zero-order chi connectivity index (χ0) is 19.5. The van der Waals surface area contributed by atoms with E-state index in [9.17, 15) is 52.7 Å². The summed E-state index contributed by atoms with van der Waals surface area (Å²) in [4.78, 5) is 0. The molecule has 0 aromatic carbocycles. The van der Waals surface area contributed by atoms with Crippen LogP contribution < -0.4 is 0 Å². The fourth-order valence-electron chi connectivity index (χ4n) is 0.762. The van der Waals surface area contributed by atoms with E-state index in [0.717, 1.165) is 6.92 Å². The largest absolute Gasteiger partial charge is 0.402 e. The third kappa shape index (κ3) is 6.66. The van der Waals surface area contributed by atoms with Crippen LogP contribution in [0.15, 0.2) is 0 Å². The normalized spacial score (nSPS) is 14.6. The Morgan fingerprint density at radius 2 is 0.957 bits per heavy atom. The topological polar surface area (TPSA) is 0 Å². The van der Waals surface area contributed by atoms with Crippen molar-refractivity contribution in [3.8, 4) is 0 Å². The van der Waals surface area contributed by atoms with E-state index in [1.807, 2.05) is 0 Å². The molecule has 0 unspecified atom stereocenters. The molecule has 23 heavy (non-hydrogen) atoms. The highest BCUT2D eigenvalue weighted by Crippen LogP contribution is 2.49. The van der Waals surface area contributed by atoms with Crippen LogP contribution in [0, 0.1) is 5.41 Å². The third-order valence-corrected chi connectivity index (χ3v) is 2.81. The van der Waals surface area contributed by atoms with Gasteiger partial charge in [-0.05, 0) is 13.8 Å². The fraction of sp³-hybridized carbons (Fsp3) is 1.00. The maximum atomic E-state index is 12.2. The first-order valence-corrected chi connectivity index (χ1v) is 5.90. The van der Waals surface area contributed by atoms with Crippen LogP contribution in [0.4, 0.5) is 52.7 Å². The summed E-state index contributed by atoms with van der Waals surface area (Å²) in [7, 11) is 0. The molecule has 0 radical (unpaired) electrons.